The third-order valence-electron chi connectivity index (χ3n) is 2.42. The quantitative estimate of drug-likeness (QED) is 0.621. The molecule has 90 valence electrons. The summed E-state index contributed by atoms with van der Waals surface area (Å²) in [5, 5.41) is 0. The van der Waals surface area contributed by atoms with Crippen LogP contribution in [0.5, 0.6) is 0 Å². The molecule has 0 spiro atoms. The second-order valence-corrected chi connectivity index (χ2v) is 6.50. The summed E-state index contributed by atoms with van der Waals surface area (Å²) in [6, 6.07) is 4.02. The zero-order valence-corrected chi connectivity index (χ0v) is 14.5. The Morgan fingerprint density at radius 3 is 2.35 bits per heavy atom. The van der Waals surface area contributed by atoms with Gasteiger partial charge in [-0.2, -0.15) is 0 Å². The lowest BCUT2D eigenvalue weighted by atomic mass is 10.3. The van der Waals surface area contributed by atoms with Crippen LogP contribution in [0.25, 0.3) is 5.69 Å². The van der Waals surface area contributed by atoms with Crippen LogP contribution in [0.15, 0.2) is 31.7 Å². The van der Waals surface area contributed by atoms with Crippen LogP contribution in [0.3, 0.4) is 0 Å². The van der Waals surface area contributed by atoms with Crippen LogP contribution >= 0.6 is 60.0 Å². The van der Waals surface area contributed by atoms with Gasteiger partial charge < -0.3 is 4.98 Å². The van der Waals surface area contributed by atoms with Crippen LogP contribution in [0.4, 0.5) is 0 Å². The van der Waals surface area contributed by atoms with E-state index in [-0.39, 0.29) is 0 Å². The van der Waals surface area contributed by atoms with Crippen LogP contribution in [0, 0.1) is 4.77 Å². The normalized spacial score (nSPS) is 10.8. The van der Waals surface area contributed by atoms with Crippen LogP contribution in [0.1, 0.15) is 12.6 Å². The molecule has 0 atom stereocenters. The van der Waals surface area contributed by atoms with Gasteiger partial charge in [-0.25, -0.2) is 0 Å². The Bertz CT molecular complexity index is 592. The summed E-state index contributed by atoms with van der Waals surface area (Å²) in [6.07, 6.45) is 2.87. The molecule has 17 heavy (non-hydrogen) atoms. The minimum Gasteiger partial charge on any atom is -0.337 e. The molecule has 0 aliphatic rings. The average Bonchev–Trinajstić information content (AvgIpc) is 2.59. The minimum atomic E-state index is 0.700. The van der Waals surface area contributed by atoms with Gasteiger partial charge in [0.1, 0.15) is 0 Å². The summed E-state index contributed by atoms with van der Waals surface area (Å²) in [7, 11) is 0. The molecule has 1 aromatic heterocycles. The number of rotatable bonds is 2. The fourth-order valence-electron chi connectivity index (χ4n) is 1.66. The van der Waals surface area contributed by atoms with E-state index in [0.29, 0.717) is 4.77 Å². The topological polar surface area (TPSA) is 20.7 Å². The Labute approximate surface area is 130 Å². The van der Waals surface area contributed by atoms with Gasteiger partial charge in [0.2, 0.25) is 0 Å². The predicted octanol–water partition coefficient (Wildman–Crippen LogP) is 5.38. The van der Waals surface area contributed by atoms with Gasteiger partial charge in [-0.05, 0) is 62.6 Å². The van der Waals surface area contributed by atoms with Crippen LogP contribution < -0.4 is 0 Å². The largest absolute Gasteiger partial charge is 0.337 e. The van der Waals surface area contributed by atoms with Gasteiger partial charge in [0, 0.05) is 25.3 Å². The van der Waals surface area contributed by atoms with Crippen LogP contribution in [-0.2, 0) is 6.42 Å². The van der Waals surface area contributed by atoms with Crippen molar-refractivity contribution in [2.24, 2.45) is 0 Å². The molecule has 6 heteroatoms. The number of nitrogens with one attached hydrogen (secondary N) is 1. The van der Waals surface area contributed by atoms with Gasteiger partial charge in [0.25, 0.3) is 0 Å². The maximum Gasteiger partial charge on any atom is 0.182 e. The van der Waals surface area contributed by atoms with Crippen molar-refractivity contribution >= 4 is 60.0 Å². The minimum absolute atomic E-state index is 0.700. The van der Waals surface area contributed by atoms with Gasteiger partial charge in [-0.3, -0.25) is 4.57 Å². The molecule has 0 unspecified atom stereocenters. The number of benzene rings is 1. The standard InChI is InChI=1S/C11H9Br3N2S/c1-2-7-5-15-11(17)16(7)10-8(13)3-6(12)4-9(10)14/h3-5H,2H2,1H3,(H,15,17). The smallest absolute Gasteiger partial charge is 0.182 e. The van der Waals surface area contributed by atoms with Gasteiger partial charge in [-0.1, -0.05) is 22.9 Å². The molecule has 0 bridgehead atoms. The fraction of sp³-hybridized carbons (Fsp3) is 0.182. The third kappa shape index (κ3) is 2.59. The third-order valence-corrected chi connectivity index (χ3v) is 4.39. The number of halogens is 3. The van der Waals surface area contributed by atoms with Gasteiger partial charge in [0.15, 0.2) is 4.77 Å². The van der Waals surface area contributed by atoms with E-state index in [1.54, 1.807) is 0 Å². The number of nitrogens with zero attached hydrogens (tertiary/aromatic N) is 1. The Morgan fingerprint density at radius 2 is 1.82 bits per heavy atom. The van der Waals surface area contributed by atoms with Crippen molar-refractivity contribution in [1.82, 2.24) is 9.55 Å². The Morgan fingerprint density at radius 1 is 1.24 bits per heavy atom. The highest BCUT2D eigenvalue weighted by Gasteiger charge is 2.12. The molecular formula is C11H9Br3N2S. The molecule has 0 aliphatic carbocycles. The molecular weight excluding hydrogens is 432 g/mol. The second kappa shape index (κ2) is 5.38. The van der Waals surface area contributed by atoms with Crippen LogP contribution in [0.2, 0.25) is 0 Å². The summed E-state index contributed by atoms with van der Waals surface area (Å²) in [4.78, 5) is 3.08. The molecule has 2 nitrogen and oxygen atoms in total. The number of H-pyrrole nitrogens is 1. The van der Waals surface area contributed by atoms with Crippen molar-refractivity contribution in [3.63, 3.8) is 0 Å². The number of hydrogen-bond donors (Lipinski definition) is 1. The van der Waals surface area contributed by atoms with Crippen molar-refractivity contribution in [3.8, 4) is 5.69 Å². The number of imidazole rings is 1. The number of aryl methyl sites for hydroxylation is 1. The van der Waals surface area contributed by atoms with E-state index in [9.17, 15) is 0 Å². The highest BCUT2D eigenvalue weighted by atomic mass is 79.9. The molecule has 0 saturated carbocycles. The Balaban J connectivity index is 2.77. The molecule has 2 aromatic rings. The van der Waals surface area contributed by atoms with Gasteiger partial charge in [0.05, 0.1) is 5.69 Å². The number of aromatic amines is 1. The first-order valence-electron chi connectivity index (χ1n) is 4.98. The van der Waals surface area contributed by atoms with E-state index in [4.69, 9.17) is 12.2 Å². The Hall–Kier alpha value is 0.0900. The highest BCUT2D eigenvalue weighted by molar-refractivity contribution is 9.11. The van der Waals surface area contributed by atoms with Gasteiger partial charge in [-0.15, -0.1) is 0 Å². The first-order valence-corrected chi connectivity index (χ1v) is 7.77. The molecule has 0 aliphatic heterocycles. The van der Waals surface area contributed by atoms with Crippen molar-refractivity contribution in [2.45, 2.75) is 13.3 Å². The van der Waals surface area contributed by atoms with Crippen molar-refractivity contribution in [2.75, 3.05) is 0 Å². The van der Waals surface area contributed by atoms with E-state index in [1.165, 1.54) is 0 Å². The lowest BCUT2D eigenvalue weighted by molar-refractivity contribution is 0.914. The Kier molecular flexibility index (Phi) is 4.28. The summed E-state index contributed by atoms with van der Waals surface area (Å²) in [5.74, 6) is 0. The van der Waals surface area contributed by atoms with E-state index in [2.05, 4.69) is 59.7 Å². The molecule has 0 fully saturated rings. The molecule has 1 heterocycles. The van der Waals surface area contributed by atoms with E-state index >= 15 is 0 Å². The number of hydrogen-bond acceptors (Lipinski definition) is 1. The molecule has 0 amide bonds. The van der Waals surface area contributed by atoms with Crippen molar-refractivity contribution in [3.05, 3.63) is 42.2 Å². The average molecular weight is 441 g/mol. The summed E-state index contributed by atoms with van der Waals surface area (Å²) in [6.45, 7) is 2.11. The van der Waals surface area contributed by atoms with Crippen molar-refractivity contribution < 1.29 is 0 Å². The SMILES string of the molecule is CCc1c[nH]c(=S)n1-c1c(Br)cc(Br)cc1Br. The summed E-state index contributed by atoms with van der Waals surface area (Å²) in [5.41, 5.74) is 2.18. The lowest BCUT2D eigenvalue weighted by Gasteiger charge is -2.12. The maximum absolute atomic E-state index is 5.33. The summed E-state index contributed by atoms with van der Waals surface area (Å²) >= 11 is 15.9. The van der Waals surface area contributed by atoms with Crippen molar-refractivity contribution in [1.29, 1.82) is 0 Å². The highest BCUT2D eigenvalue weighted by Crippen LogP contribution is 2.33. The first-order chi connectivity index (χ1) is 8.04. The molecule has 0 radical (unpaired) electrons. The number of aromatic nitrogens is 2. The lowest BCUT2D eigenvalue weighted by Crippen LogP contribution is -2.01. The maximum atomic E-state index is 5.33. The van der Waals surface area contributed by atoms with E-state index in [1.807, 2.05) is 22.9 Å². The van der Waals surface area contributed by atoms with E-state index < -0.39 is 0 Å². The molecule has 1 N–H and O–H groups in total. The van der Waals surface area contributed by atoms with E-state index in [0.717, 1.165) is 31.2 Å². The zero-order chi connectivity index (χ0) is 12.6. The first kappa shape index (κ1) is 13.5. The van der Waals surface area contributed by atoms with Gasteiger partial charge >= 0.3 is 0 Å². The zero-order valence-electron chi connectivity index (χ0n) is 8.93. The molecule has 2 rings (SSSR count). The van der Waals surface area contributed by atoms with Crippen LogP contribution in [-0.4, -0.2) is 9.55 Å². The monoisotopic (exact) mass is 438 g/mol. The molecule has 0 saturated heterocycles. The summed E-state index contributed by atoms with van der Waals surface area (Å²) < 4.78 is 5.73. The second-order valence-electron chi connectivity index (χ2n) is 3.49. The fourth-order valence-corrected chi connectivity index (χ4v) is 4.54. The predicted molar refractivity (Wildman–Crippen MR) is 83.4 cm³/mol. The molecule has 1 aromatic carbocycles.